The molecule has 3 aliphatic carbocycles. The van der Waals surface area contributed by atoms with Gasteiger partial charge in [0.05, 0.1) is 0 Å². The van der Waals surface area contributed by atoms with Gasteiger partial charge in [0.1, 0.15) is 0 Å². The van der Waals surface area contributed by atoms with E-state index in [9.17, 15) is 0 Å². The van der Waals surface area contributed by atoms with Crippen molar-refractivity contribution in [3.05, 3.63) is 106 Å². The lowest BCUT2D eigenvalue weighted by Crippen LogP contribution is -1.97. The van der Waals surface area contributed by atoms with Crippen LogP contribution in [0.5, 0.6) is 0 Å². The molecule has 4 aromatic rings. The summed E-state index contributed by atoms with van der Waals surface area (Å²) in [5.41, 5.74) is 12.9. The number of hydrogen-bond donors (Lipinski definition) is 0. The van der Waals surface area contributed by atoms with Crippen molar-refractivity contribution in [1.29, 1.82) is 0 Å². The minimum atomic E-state index is 1.15. The monoisotopic (exact) mass is 384 g/mol. The molecule has 0 heterocycles. The van der Waals surface area contributed by atoms with Gasteiger partial charge in [0, 0.05) is 0 Å². The maximum absolute atomic E-state index is 2.38. The van der Waals surface area contributed by atoms with Crippen LogP contribution in [0, 0.1) is 0 Å². The second kappa shape index (κ2) is 6.19. The first kappa shape index (κ1) is 16.7. The average molecular weight is 385 g/mol. The zero-order valence-corrected chi connectivity index (χ0v) is 17.2. The molecule has 30 heavy (non-hydrogen) atoms. The van der Waals surface area contributed by atoms with Crippen LogP contribution in [0.3, 0.4) is 0 Å². The molecule has 4 aromatic carbocycles. The van der Waals surface area contributed by atoms with Crippen molar-refractivity contribution < 1.29 is 0 Å². The van der Waals surface area contributed by atoms with Crippen LogP contribution in [-0.2, 0) is 12.8 Å². The summed E-state index contributed by atoms with van der Waals surface area (Å²) in [6.07, 6.45) is 7.11. The van der Waals surface area contributed by atoms with Gasteiger partial charge in [0.2, 0.25) is 0 Å². The molecule has 0 bridgehead atoms. The first-order valence-corrected chi connectivity index (χ1v) is 11.3. The van der Waals surface area contributed by atoms with Crippen molar-refractivity contribution in [2.24, 2.45) is 0 Å². The fourth-order valence-corrected chi connectivity index (χ4v) is 6.30. The Hall–Kier alpha value is -3.12. The number of allylic oxidation sites excluding steroid dienone is 4. The van der Waals surface area contributed by atoms with Crippen LogP contribution in [0.1, 0.15) is 47.9 Å². The minimum absolute atomic E-state index is 1.15. The summed E-state index contributed by atoms with van der Waals surface area (Å²) in [4.78, 5) is 0. The summed E-state index contributed by atoms with van der Waals surface area (Å²) in [7, 11) is 0. The first-order valence-electron chi connectivity index (χ1n) is 11.3. The number of rotatable bonds is 0. The van der Waals surface area contributed by atoms with E-state index in [1.54, 1.807) is 44.5 Å². The summed E-state index contributed by atoms with van der Waals surface area (Å²) in [5.74, 6) is 0. The SMILES string of the molecule is c1ccc2c3c(ccc2c1)CC1=C3CCC2=C(CC1)c1c(ccc3ccccc13)C2. The van der Waals surface area contributed by atoms with E-state index >= 15 is 0 Å². The van der Waals surface area contributed by atoms with Crippen LogP contribution < -0.4 is 0 Å². The number of fused-ring (bicyclic) bond motifs is 8. The first-order chi connectivity index (χ1) is 14.9. The molecule has 0 radical (unpaired) electrons. The van der Waals surface area contributed by atoms with Gasteiger partial charge < -0.3 is 0 Å². The van der Waals surface area contributed by atoms with Crippen molar-refractivity contribution >= 4 is 32.7 Å². The molecule has 0 aromatic heterocycles. The zero-order valence-electron chi connectivity index (χ0n) is 17.2. The highest BCUT2D eigenvalue weighted by atomic mass is 14.3. The van der Waals surface area contributed by atoms with Gasteiger partial charge in [-0.15, -0.1) is 0 Å². The lowest BCUT2D eigenvalue weighted by molar-refractivity contribution is 0.888. The smallest absolute Gasteiger partial charge is 0.00547 e. The molecule has 0 aliphatic heterocycles. The number of benzene rings is 4. The summed E-state index contributed by atoms with van der Waals surface area (Å²) in [6, 6.07) is 27.3. The molecule has 7 rings (SSSR count). The molecular weight excluding hydrogens is 360 g/mol. The van der Waals surface area contributed by atoms with E-state index in [0.717, 1.165) is 12.8 Å². The van der Waals surface area contributed by atoms with E-state index in [2.05, 4.69) is 72.8 Å². The molecule has 0 N–H and O–H groups in total. The summed E-state index contributed by atoms with van der Waals surface area (Å²) in [6.45, 7) is 0. The lowest BCUT2D eigenvalue weighted by atomic mass is 9.87. The van der Waals surface area contributed by atoms with Crippen molar-refractivity contribution in [3.8, 4) is 0 Å². The van der Waals surface area contributed by atoms with E-state index in [1.165, 1.54) is 47.2 Å². The van der Waals surface area contributed by atoms with E-state index in [0.29, 0.717) is 0 Å². The Bertz CT molecular complexity index is 1320. The molecule has 3 aliphatic rings. The Morgan fingerprint density at radius 2 is 0.900 bits per heavy atom. The van der Waals surface area contributed by atoms with E-state index in [1.807, 2.05) is 0 Å². The van der Waals surface area contributed by atoms with Crippen LogP contribution >= 0.6 is 0 Å². The second-order valence-corrected chi connectivity index (χ2v) is 9.16. The third kappa shape index (κ3) is 2.28. The zero-order chi connectivity index (χ0) is 19.7. The predicted octanol–water partition coefficient (Wildman–Crippen LogP) is 7.89. The Labute approximate surface area is 177 Å². The lowest BCUT2D eigenvalue weighted by Gasteiger charge is -2.17. The maximum atomic E-state index is 2.38. The summed E-state index contributed by atoms with van der Waals surface area (Å²) in [5, 5.41) is 5.67. The molecule has 0 nitrogen and oxygen atoms in total. The molecule has 0 fully saturated rings. The van der Waals surface area contributed by atoms with Crippen LogP contribution in [0.25, 0.3) is 32.7 Å². The van der Waals surface area contributed by atoms with E-state index in [4.69, 9.17) is 0 Å². The third-order valence-corrected chi connectivity index (χ3v) is 7.65. The van der Waals surface area contributed by atoms with Crippen molar-refractivity contribution in [3.63, 3.8) is 0 Å². The van der Waals surface area contributed by atoms with Crippen LogP contribution in [-0.4, -0.2) is 0 Å². The highest BCUT2D eigenvalue weighted by Gasteiger charge is 2.29. The summed E-state index contributed by atoms with van der Waals surface area (Å²) >= 11 is 0. The molecule has 144 valence electrons. The largest absolute Gasteiger partial charge is 0.0616 e. The Morgan fingerprint density at radius 1 is 0.433 bits per heavy atom. The predicted molar refractivity (Wildman–Crippen MR) is 128 cm³/mol. The Kier molecular flexibility index (Phi) is 3.44. The van der Waals surface area contributed by atoms with E-state index in [-0.39, 0.29) is 0 Å². The normalized spacial score (nSPS) is 17.6. The molecule has 0 saturated heterocycles. The van der Waals surface area contributed by atoms with Gasteiger partial charge in [-0.2, -0.15) is 0 Å². The quantitative estimate of drug-likeness (QED) is 0.289. The van der Waals surface area contributed by atoms with Gasteiger partial charge in [-0.05, 0) is 93.5 Å². The van der Waals surface area contributed by atoms with Crippen LogP contribution in [0.2, 0.25) is 0 Å². The van der Waals surface area contributed by atoms with Crippen molar-refractivity contribution in [1.82, 2.24) is 0 Å². The fraction of sp³-hybridized carbons (Fsp3) is 0.200. The topological polar surface area (TPSA) is 0 Å². The maximum Gasteiger partial charge on any atom is -0.00547 e. The van der Waals surface area contributed by atoms with Gasteiger partial charge in [-0.25, -0.2) is 0 Å². The minimum Gasteiger partial charge on any atom is -0.0616 e. The average Bonchev–Trinajstić information content (AvgIpc) is 3.31. The molecular formula is C30H24. The van der Waals surface area contributed by atoms with Gasteiger partial charge in [-0.3, -0.25) is 0 Å². The third-order valence-electron chi connectivity index (χ3n) is 7.65. The molecule has 0 heteroatoms. The number of hydrogen-bond acceptors (Lipinski definition) is 0. The Morgan fingerprint density at radius 3 is 1.40 bits per heavy atom. The van der Waals surface area contributed by atoms with Gasteiger partial charge >= 0.3 is 0 Å². The molecule has 0 unspecified atom stereocenters. The highest BCUT2D eigenvalue weighted by Crippen LogP contribution is 2.48. The standard InChI is InChI=1S/C30H24/c1-3-7-25-19(5-1)9-11-23-17-21-14-16-28-22(13-15-27(21)29(23)25)18-24-12-10-20-6-2-4-8-26(20)30(24)28/h1-12H,13-18H2. The molecule has 0 amide bonds. The van der Waals surface area contributed by atoms with Gasteiger partial charge in [-0.1, -0.05) is 83.9 Å². The van der Waals surface area contributed by atoms with Crippen LogP contribution in [0.4, 0.5) is 0 Å². The van der Waals surface area contributed by atoms with E-state index < -0.39 is 0 Å². The second-order valence-electron chi connectivity index (χ2n) is 9.16. The summed E-state index contributed by atoms with van der Waals surface area (Å²) < 4.78 is 0. The molecule has 0 spiro atoms. The molecule has 0 atom stereocenters. The highest BCUT2D eigenvalue weighted by molar-refractivity contribution is 6.00. The van der Waals surface area contributed by atoms with Crippen LogP contribution in [0.15, 0.2) is 83.9 Å². The Balaban J connectivity index is 1.32. The fourth-order valence-electron chi connectivity index (χ4n) is 6.30. The van der Waals surface area contributed by atoms with Gasteiger partial charge in [0.25, 0.3) is 0 Å². The van der Waals surface area contributed by atoms with Gasteiger partial charge in [0.15, 0.2) is 0 Å². The van der Waals surface area contributed by atoms with Crippen molar-refractivity contribution in [2.75, 3.05) is 0 Å². The molecule has 0 saturated carbocycles. The van der Waals surface area contributed by atoms with Crippen molar-refractivity contribution in [2.45, 2.75) is 38.5 Å².